The van der Waals surface area contributed by atoms with Crippen LogP contribution in [0.1, 0.15) is 0 Å². The molecule has 5 nitrogen and oxygen atoms in total. The Balaban J connectivity index is 1.15. The maximum Gasteiger partial charge on any atom is 0.307 e. The van der Waals surface area contributed by atoms with Crippen LogP contribution in [0.2, 0.25) is 0 Å². The molecule has 0 aliphatic heterocycles. The van der Waals surface area contributed by atoms with Gasteiger partial charge in [-0.2, -0.15) is 4.98 Å². The monoisotopic (exact) mass is 690 g/mol. The summed E-state index contributed by atoms with van der Waals surface area (Å²) in [6.45, 7) is 0. The zero-order valence-corrected chi connectivity index (χ0v) is 29.0. The van der Waals surface area contributed by atoms with Gasteiger partial charge in [-0.1, -0.05) is 103 Å². The maximum absolute atomic E-state index is 6.32. The Morgan fingerprint density at radius 2 is 0.907 bits per heavy atom. The van der Waals surface area contributed by atoms with E-state index in [1.54, 1.807) is 0 Å². The van der Waals surface area contributed by atoms with Crippen LogP contribution in [0.3, 0.4) is 0 Å². The molecule has 5 heteroatoms. The van der Waals surface area contributed by atoms with Gasteiger partial charge in [-0.25, -0.2) is 0 Å². The zero-order valence-electron chi connectivity index (χ0n) is 29.0. The molecule has 12 aromatic rings. The second-order valence-electron chi connectivity index (χ2n) is 14.0. The molecular weight excluding hydrogens is 661 g/mol. The topological polar surface area (TPSA) is 40.8 Å². The van der Waals surface area contributed by atoms with E-state index >= 15 is 0 Å². The van der Waals surface area contributed by atoms with Gasteiger partial charge in [0.15, 0.2) is 5.58 Å². The number of hydrogen-bond donors (Lipinski definition) is 0. The smallest absolute Gasteiger partial charge is 0.307 e. The first-order valence-electron chi connectivity index (χ1n) is 18.3. The zero-order chi connectivity index (χ0) is 35.3. The third kappa shape index (κ3) is 4.06. The van der Waals surface area contributed by atoms with E-state index in [4.69, 9.17) is 9.40 Å². The first kappa shape index (κ1) is 29.2. The average molecular weight is 691 g/mol. The molecule has 0 N–H and O–H groups in total. The van der Waals surface area contributed by atoms with Crippen LogP contribution in [0.5, 0.6) is 0 Å². The molecule has 4 heterocycles. The molecule has 0 aliphatic rings. The van der Waals surface area contributed by atoms with Gasteiger partial charge in [0.2, 0.25) is 0 Å². The Bertz CT molecular complexity index is 3400. The van der Waals surface area contributed by atoms with E-state index in [0.29, 0.717) is 6.01 Å². The van der Waals surface area contributed by atoms with Crippen molar-refractivity contribution in [1.29, 1.82) is 0 Å². The number of benzene rings is 8. The molecule has 0 amide bonds. The van der Waals surface area contributed by atoms with Crippen LogP contribution in [-0.4, -0.2) is 18.7 Å². The summed E-state index contributed by atoms with van der Waals surface area (Å²) in [5, 5.41) is 7.26. The highest BCUT2D eigenvalue weighted by molar-refractivity contribution is 6.26. The van der Waals surface area contributed by atoms with Gasteiger partial charge in [0.05, 0.1) is 33.1 Å². The molecule has 0 bridgehead atoms. The fraction of sp³-hybridized carbons (Fsp3) is 0. The van der Waals surface area contributed by atoms with Crippen molar-refractivity contribution in [3.63, 3.8) is 0 Å². The van der Waals surface area contributed by atoms with Crippen LogP contribution in [0.4, 0.5) is 0 Å². The van der Waals surface area contributed by atoms with Gasteiger partial charge < -0.3 is 13.6 Å². The summed E-state index contributed by atoms with van der Waals surface area (Å²) < 4.78 is 13.3. The van der Waals surface area contributed by atoms with Gasteiger partial charge in [0.25, 0.3) is 0 Å². The molecule has 12 rings (SSSR count). The van der Waals surface area contributed by atoms with Crippen LogP contribution in [0.25, 0.3) is 105 Å². The van der Waals surface area contributed by atoms with Gasteiger partial charge in [-0.15, -0.1) is 0 Å². The molecule has 54 heavy (non-hydrogen) atoms. The lowest BCUT2D eigenvalue weighted by Gasteiger charge is -2.09. The standard InChI is InChI=1S/C49H30N4O/c1-3-13-33(14-4-1)51-44-27-24-32(30-39(44)47-45(51)28-25-37-35-17-7-10-20-41(35)52(48(37)47)34-15-5-2-6-16-34)31-23-26-43-38(29-31)36-18-8-11-21-42(36)53(43)49-50-40-19-9-12-22-46(40)54-49/h1-30H. The number of aromatic nitrogens is 4. The minimum atomic E-state index is 0.572. The van der Waals surface area contributed by atoms with Crippen LogP contribution < -0.4 is 0 Å². The number of nitrogens with zero attached hydrogens (tertiary/aromatic N) is 4. The van der Waals surface area contributed by atoms with Crippen molar-refractivity contribution in [3.05, 3.63) is 182 Å². The molecule has 0 radical (unpaired) electrons. The van der Waals surface area contributed by atoms with E-state index in [1.165, 1.54) is 43.6 Å². The predicted octanol–water partition coefficient (Wildman–Crippen LogP) is 12.8. The molecule has 4 aromatic heterocycles. The summed E-state index contributed by atoms with van der Waals surface area (Å²) in [4.78, 5) is 4.89. The molecule has 0 fully saturated rings. The van der Waals surface area contributed by atoms with Crippen molar-refractivity contribution < 1.29 is 4.42 Å². The SMILES string of the molecule is c1ccc(-n2c3ccc(-c4ccc5c(c4)c4ccccc4n5-c4nc5ccccc5o4)cc3c3c2ccc2c4ccccc4n(-c4ccccc4)c23)cc1. The highest BCUT2D eigenvalue weighted by atomic mass is 16.4. The second-order valence-corrected chi connectivity index (χ2v) is 14.0. The first-order valence-corrected chi connectivity index (χ1v) is 18.3. The number of oxazole rings is 1. The fourth-order valence-corrected chi connectivity index (χ4v) is 8.75. The lowest BCUT2D eigenvalue weighted by Crippen LogP contribution is -1.95. The largest absolute Gasteiger partial charge is 0.423 e. The lowest BCUT2D eigenvalue weighted by atomic mass is 10.00. The minimum Gasteiger partial charge on any atom is -0.423 e. The van der Waals surface area contributed by atoms with Gasteiger partial charge >= 0.3 is 6.01 Å². The van der Waals surface area contributed by atoms with Crippen LogP contribution in [0, 0.1) is 0 Å². The number of rotatable bonds is 4. The molecule has 0 aliphatic carbocycles. The second kappa shape index (κ2) is 11.1. The van der Waals surface area contributed by atoms with Gasteiger partial charge in [-0.3, -0.25) is 4.57 Å². The van der Waals surface area contributed by atoms with E-state index in [1.807, 2.05) is 24.3 Å². The van der Waals surface area contributed by atoms with Crippen molar-refractivity contribution in [1.82, 2.24) is 18.7 Å². The minimum absolute atomic E-state index is 0.572. The van der Waals surface area contributed by atoms with E-state index in [2.05, 4.69) is 171 Å². The number of hydrogen-bond acceptors (Lipinski definition) is 2. The quantitative estimate of drug-likeness (QED) is 0.184. The first-order chi connectivity index (χ1) is 26.8. The van der Waals surface area contributed by atoms with Crippen LogP contribution in [-0.2, 0) is 0 Å². The molecule has 0 spiro atoms. The molecule has 0 atom stereocenters. The van der Waals surface area contributed by atoms with Gasteiger partial charge in [-0.05, 0) is 90.0 Å². The van der Waals surface area contributed by atoms with Crippen molar-refractivity contribution in [2.24, 2.45) is 0 Å². The van der Waals surface area contributed by atoms with Gasteiger partial charge in [0, 0.05) is 43.7 Å². The average Bonchev–Trinajstić information content (AvgIpc) is 3.98. The molecule has 0 saturated carbocycles. The summed E-state index contributed by atoms with van der Waals surface area (Å²) in [6.07, 6.45) is 0. The summed E-state index contributed by atoms with van der Waals surface area (Å²) in [5.74, 6) is 0. The van der Waals surface area contributed by atoms with Crippen molar-refractivity contribution >= 4 is 76.5 Å². The molecular formula is C49H30N4O. The lowest BCUT2D eigenvalue weighted by molar-refractivity contribution is 0.574. The van der Waals surface area contributed by atoms with Gasteiger partial charge in [0.1, 0.15) is 5.52 Å². The van der Waals surface area contributed by atoms with E-state index in [-0.39, 0.29) is 0 Å². The Morgan fingerprint density at radius 1 is 0.370 bits per heavy atom. The third-order valence-electron chi connectivity index (χ3n) is 11.1. The molecule has 0 unspecified atom stereocenters. The summed E-state index contributed by atoms with van der Waals surface area (Å²) in [6, 6.07) is 65.6. The number of fused-ring (bicyclic) bond motifs is 11. The Morgan fingerprint density at radius 3 is 1.63 bits per heavy atom. The fourth-order valence-electron chi connectivity index (χ4n) is 8.75. The Hall–Kier alpha value is -7.37. The molecule has 252 valence electrons. The highest BCUT2D eigenvalue weighted by Gasteiger charge is 2.22. The molecule has 0 saturated heterocycles. The van der Waals surface area contributed by atoms with Crippen LogP contribution in [0.15, 0.2) is 186 Å². The predicted molar refractivity (Wildman–Crippen MR) is 222 cm³/mol. The summed E-state index contributed by atoms with van der Waals surface area (Å²) >= 11 is 0. The van der Waals surface area contributed by atoms with Crippen molar-refractivity contribution in [3.8, 4) is 28.5 Å². The van der Waals surface area contributed by atoms with E-state index < -0.39 is 0 Å². The Labute approximate surface area is 309 Å². The third-order valence-corrected chi connectivity index (χ3v) is 11.1. The molecule has 8 aromatic carbocycles. The van der Waals surface area contributed by atoms with Crippen molar-refractivity contribution in [2.45, 2.75) is 0 Å². The highest BCUT2D eigenvalue weighted by Crippen LogP contribution is 2.43. The summed E-state index contributed by atoms with van der Waals surface area (Å²) in [7, 11) is 0. The van der Waals surface area contributed by atoms with Crippen molar-refractivity contribution in [2.75, 3.05) is 0 Å². The maximum atomic E-state index is 6.32. The van der Waals surface area contributed by atoms with Crippen LogP contribution >= 0.6 is 0 Å². The Kier molecular flexibility index (Phi) is 5.99. The van der Waals surface area contributed by atoms with E-state index in [9.17, 15) is 0 Å². The van der Waals surface area contributed by atoms with E-state index in [0.717, 1.165) is 55.4 Å². The summed E-state index contributed by atoms with van der Waals surface area (Å²) in [5.41, 5.74) is 13.1. The normalized spacial score (nSPS) is 12.1. The number of para-hydroxylation sites is 6.